The van der Waals surface area contributed by atoms with E-state index in [1.54, 1.807) is 17.0 Å². The van der Waals surface area contributed by atoms with Gasteiger partial charge < -0.3 is 4.74 Å². The minimum atomic E-state index is -0.458. The van der Waals surface area contributed by atoms with E-state index in [0.717, 1.165) is 11.3 Å². The smallest absolute Gasteiger partial charge is 0.269 e. The highest BCUT2D eigenvalue weighted by Crippen LogP contribution is 2.23. The van der Waals surface area contributed by atoms with Gasteiger partial charge in [0.2, 0.25) is 5.91 Å². The molecule has 9 heteroatoms. The number of amidine groups is 1. The molecule has 1 fully saturated rings. The first-order valence-corrected chi connectivity index (χ1v) is 9.55. The molecule has 1 aliphatic rings. The monoisotopic (exact) mass is 398 g/mol. The molecule has 0 spiro atoms. The predicted molar refractivity (Wildman–Crippen MR) is 109 cm³/mol. The van der Waals surface area contributed by atoms with E-state index in [2.05, 4.69) is 10.2 Å². The Bertz CT molecular complexity index is 911. The summed E-state index contributed by atoms with van der Waals surface area (Å²) in [4.78, 5) is 24.0. The molecule has 0 bridgehead atoms. The van der Waals surface area contributed by atoms with E-state index in [4.69, 9.17) is 4.74 Å². The fraction of sp³-hybridized carbons (Fsp3) is 0.211. The Kier molecular flexibility index (Phi) is 6.38. The second-order valence-electron chi connectivity index (χ2n) is 5.82. The van der Waals surface area contributed by atoms with Crippen LogP contribution in [0.4, 0.5) is 5.69 Å². The van der Waals surface area contributed by atoms with E-state index in [1.807, 2.05) is 31.2 Å². The fourth-order valence-electron chi connectivity index (χ4n) is 2.49. The number of rotatable bonds is 7. The summed E-state index contributed by atoms with van der Waals surface area (Å²) in [6.07, 6.45) is 1.50. The van der Waals surface area contributed by atoms with E-state index in [9.17, 15) is 14.9 Å². The first-order valence-electron chi connectivity index (χ1n) is 8.57. The number of hydrogen-bond donors (Lipinski definition) is 0. The van der Waals surface area contributed by atoms with Crippen LogP contribution in [0.2, 0.25) is 0 Å². The number of nitro groups is 1. The molecule has 1 amide bonds. The number of ether oxygens (including phenoxy) is 1. The summed E-state index contributed by atoms with van der Waals surface area (Å²) in [6.45, 7) is 2.93. The summed E-state index contributed by atoms with van der Waals surface area (Å²) in [5.41, 5.74) is 1.66. The summed E-state index contributed by atoms with van der Waals surface area (Å²) in [7, 11) is 0. The Labute approximate surface area is 166 Å². The lowest BCUT2D eigenvalue weighted by molar-refractivity contribution is -0.384. The second kappa shape index (κ2) is 9.14. The Balaban J connectivity index is 1.67. The third-order valence-electron chi connectivity index (χ3n) is 3.89. The van der Waals surface area contributed by atoms with Crippen LogP contribution in [0, 0.1) is 10.1 Å². The first-order chi connectivity index (χ1) is 13.6. The molecular weight excluding hydrogens is 380 g/mol. The minimum absolute atomic E-state index is 0.0157. The van der Waals surface area contributed by atoms with Crippen LogP contribution in [0.25, 0.3) is 0 Å². The predicted octanol–water partition coefficient (Wildman–Crippen LogP) is 3.46. The van der Waals surface area contributed by atoms with Crippen LogP contribution in [0.3, 0.4) is 0 Å². The van der Waals surface area contributed by atoms with Crippen LogP contribution >= 0.6 is 11.8 Å². The molecule has 0 aliphatic carbocycles. The summed E-state index contributed by atoms with van der Waals surface area (Å²) in [5.74, 6) is 1.08. The van der Waals surface area contributed by atoms with Crippen molar-refractivity contribution in [2.75, 3.05) is 12.4 Å². The van der Waals surface area contributed by atoms with Crippen molar-refractivity contribution in [1.29, 1.82) is 0 Å². The van der Waals surface area contributed by atoms with Crippen LogP contribution in [0.1, 0.15) is 18.1 Å². The molecule has 0 saturated carbocycles. The normalized spacial score (nSPS) is 15.5. The van der Waals surface area contributed by atoms with Gasteiger partial charge in [-0.1, -0.05) is 23.9 Å². The molecule has 2 aromatic carbocycles. The topological polar surface area (TPSA) is 97.4 Å². The summed E-state index contributed by atoms with van der Waals surface area (Å²) < 4.78 is 5.42. The highest BCUT2D eigenvalue weighted by molar-refractivity contribution is 8.15. The van der Waals surface area contributed by atoms with Crippen molar-refractivity contribution >= 4 is 34.7 Å². The number of benzene rings is 2. The highest BCUT2D eigenvalue weighted by Gasteiger charge is 2.28. The molecule has 0 aromatic heterocycles. The average Bonchev–Trinajstić information content (AvgIpc) is 3.04. The van der Waals surface area contributed by atoms with Crippen molar-refractivity contribution in [3.05, 3.63) is 69.8 Å². The van der Waals surface area contributed by atoms with Gasteiger partial charge in [0.25, 0.3) is 5.69 Å². The molecule has 1 saturated heterocycles. The largest absolute Gasteiger partial charge is 0.494 e. The second-order valence-corrected chi connectivity index (χ2v) is 6.76. The molecule has 1 aliphatic heterocycles. The van der Waals surface area contributed by atoms with E-state index in [0.29, 0.717) is 29.6 Å². The minimum Gasteiger partial charge on any atom is -0.494 e. The van der Waals surface area contributed by atoms with Gasteiger partial charge in [0.05, 0.1) is 30.0 Å². The quantitative estimate of drug-likeness (QED) is 0.404. The van der Waals surface area contributed by atoms with Crippen molar-refractivity contribution in [2.45, 2.75) is 13.5 Å². The van der Waals surface area contributed by atoms with Gasteiger partial charge in [0.1, 0.15) is 5.75 Å². The van der Waals surface area contributed by atoms with E-state index in [-0.39, 0.29) is 11.6 Å². The molecule has 0 atom stereocenters. The maximum Gasteiger partial charge on any atom is 0.269 e. The maximum atomic E-state index is 12.2. The van der Waals surface area contributed by atoms with Gasteiger partial charge in [-0.25, -0.2) is 0 Å². The molecule has 0 N–H and O–H groups in total. The highest BCUT2D eigenvalue weighted by atomic mass is 32.2. The van der Waals surface area contributed by atoms with Gasteiger partial charge >= 0.3 is 0 Å². The number of non-ortho nitro benzene ring substituents is 1. The summed E-state index contributed by atoms with van der Waals surface area (Å²) in [6, 6.07) is 13.6. The molecule has 0 radical (unpaired) electrons. The Morgan fingerprint density at radius 2 is 1.93 bits per heavy atom. The van der Waals surface area contributed by atoms with Gasteiger partial charge in [-0.3, -0.25) is 19.8 Å². The number of carbonyl (C=O) groups is 1. The third-order valence-corrected chi connectivity index (χ3v) is 4.84. The molecular formula is C19H18N4O4S. The van der Waals surface area contributed by atoms with Crippen LogP contribution in [-0.2, 0) is 11.3 Å². The van der Waals surface area contributed by atoms with E-state index >= 15 is 0 Å². The molecule has 1 heterocycles. The van der Waals surface area contributed by atoms with E-state index in [1.165, 1.54) is 30.1 Å². The molecule has 0 unspecified atom stereocenters. The molecule has 3 rings (SSSR count). The third kappa shape index (κ3) is 4.95. The first kappa shape index (κ1) is 19.6. The van der Waals surface area contributed by atoms with Crippen LogP contribution in [-0.4, -0.2) is 39.5 Å². The van der Waals surface area contributed by atoms with Crippen LogP contribution < -0.4 is 4.74 Å². The van der Waals surface area contributed by atoms with Gasteiger partial charge in [0.15, 0.2) is 5.17 Å². The van der Waals surface area contributed by atoms with Crippen molar-refractivity contribution in [1.82, 2.24) is 4.90 Å². The number of thioether (sulfide) groups is 1. The lowest BCUT2D eigenvalue weighted by Crippen LogP contribution is -2.28. The van der Waals surface area contributed by atoms with E-state index < -0.39 is 4.92 Å². The lowest BCUT2D eigenvalue weighted by atomic mass is 10.2. The van der Waals surface area contributed by atoms with Crippen molar-refractivity contribution in [2.24, 2.45) is 10.2 Å². The van der Waals surface area contributed by atoms with Gasteiger partial charge in [-0.2, -0.15) is 5.10 Å². The number of hydrogen-bond acceptors (Lipinski definition) is 7. The van der Waals surface area contributed by atoms with Crippen molar-refractivity contribution in [3.63, 3.8) is 0 Å². The zero-order valence-electron chi connectivity index (χ0n) is 15.1. The number of nitro benzene ring substituents is 1. The Hall–Kier alpha value is -3.20. The Morgan fingerprint density at radius 1 is 1.21 bits per heavy atom. The number of nitrogens with zero attached hydrogens (tertiary/aromatic N) is 4. The zero-order chi connectivity index (χ0) is 19.9. The maximum absolute atomic E-state index is 12.2. The molecule has 28 heavy (non-hydrogen) atoms. The zero-order valence-corrected chi connectivity index (χ0v) is 16.0. The van der Waals surface area contributed by atoms with Gasteiger partial charge in [-0.05, 0) is 42.3 Å². The summed E-state index contributed by atoms with van der Waals surface area (Å²) >= 11 is 1.33. The lowest BCUT2D eigenvalue weighted by Gasteiger charge is -2.15. The molecule has 8 nitrogen and oxygen atoms in total. The van der Waals surface area contributed by atoms with Crippen LogP contribution in [0.15, 0.2) is 58.7 Å². The molecule has 2 aromatic rings. The van der Waals surface area contributed by atoms with Gasteiger partial charge in [-0.15, -0.1) is 5.10 Å². The molecule has 144 valence electrons. The van der Waals surface area contributed by atoms with Crippen molar-refractivity contribution < 1.29 is 14.5 Å². The van der Waals surface area contributed by atoms with Gasteiger partial charge in [0, 0.05) is 12.1 Å². The fourth-order valence-corrected chi connectivity index (χ4v) is 3.33. The van der Waals surface area contributed by atoms with Crippen molar-refractivity contribution in [3.8, 4) is 5.75 Å². The Morgan fingerprint density at radius 3 is 2.57 bits per heavy atom. The SMILES string of the molecule is CCOc1ccc(CN2C(=O)CS/C2=N/N=C\c2ccc([N+](=O)[O-])cc2)cc1. The summed E-state index contributed by atoms with van der Waals surface area (Å²) in [5, 5.41) is 19.4. The number of carbonyl (C=O) groups excluding carboxylic acids is 1. The van der Waals surface area contributed by atoms with Crippen LogP contribution in [0.5, 0.6) is 5.75 Å². The number of amides is 1. The average molecular weight is 398 g/mol. The standard InChI is InChI=1S/C19H18N4O4S/c1-2-27-17-9-5-15(6-10-17)12-22-18(24)13-28-19(22)21-20-11-14-3-7-16(8-4-14)23(25)26/h3-11H,2,12-13H2,1H3/b20-11-,21-19+.